The molecule has 78 valence electrons. The Kier molecular flexibility index (Phi) is 4.35. The molecule has 0 spiro atoms. The zero-order valence-corrected chi connectivity index (χ0v) is 9.94. The Morgan fingerprint density at radius 2 is 2.21 bits per heavy atom. The van der Waals surface area contributed by atoms with E-state index in [2.05, 4.69) is 21.2 Å². The second-order valence-electron chi connectivity index (χ2n) is 3.29. The highest BCUT2D eigenvalue weighted by atomic mass is 79.9. The van der Waals surface area contributed by atoms with Crippen LogP contribution in [0.4, 0.5) is 4.39 Å². The molecule has 1 heterocycles. The molecule has 14 heavy (non-hydrogen) atoms. The number of benzene rings is 1. The molecule has 2 atom stereocenters. The zero-order valence-electron chi connectivity index (χ0n) is 7.54. The molecule has 1 N–H and O–H groups in total. The number of hydrogen-bond acceptors (Lipinski definition) is 1. The highest BCUT2D eigenvalue weighted by Gasteiger charge is 2.27. The van der Waals surface area contributed by atoms with Gasteiger partial charge in [0.05, 0.1) is 6.04 Å². The van der Waals surface area contributed by atoms with Gasteiger partial charge in [0.25, 0.3) is 0 Å². The smallest absolute Gasteiger partial charge is 0.121 e. The van der Waals surface area contributed by atoms with Gasteiger partial charge in [0, 0.05) is 4.47 Å². The predicted molar refractivity (Wildman–Crippen MR) is 61.6 cm³/mol. The maximum absolute atomic E-state index is 13.3. The predicted octanol–water partition coefficient (Wildman–Crippen LogP) is 3.24. The summed E-state index contributed by atoms with van der Waals surface area (Å²) < 4.78 is 14.3. The quantitative estimate of drug-likeness (QED) is 0.833. The SMILES string of the molecule is Cl.FC1CCNC1c1cccc(Br)c1. The first-order chi connectivity index (χ1) is 6.27. The van der Waals surface area contributed by atoms with E-state index in [1.807, 2.05) is 24.3 Å². The van der Waals surface area contributed by atoms with Gasteiger partial charge in [0.1, 0.15) is 6.17 Å². The van der Waals surface area contributed by atoms with Gasteiger partial charge in [-0.15, -0.1) is 12.4 Å². The molecule has 4 heteroatoms. The second-order valence-corrected chi connectivity index (χ2v) is 4.21. The summed E-state index contributed by atoms with van der Waals surface area (Å²) in [6.07, 6.45) is -0.119. The maximum Gasteiger partial charge on any atom is 0.121 e. The minimum absolute atomic E-state index is 0. The average Bonchev–Trinajstić information content (AvgIpc) is 2.51. The number of rotatable bonds is 1. The number of nitrogens with one attached hydrogen (secondary N) is 1. The Hall–Kier alpha value is -0.120. The fraction of sp³-hybridized carbons (Fsp3) is 0.400. The van der Waals surface area contributed by atoms with Crippen LogP contribution >= 0.6 is 28.3 Å². The Bertz CT molecular complexity index is 308. The van der Waals surface area contributed by atoms with Gasteiger partial charge in [-0.1, -0.05) is 28.1 Å². The summed E-state index contributed by atoms with van der Waals surface area (Å²) in [5, 5.41) is 3.15. The van der Waals surface area contributed by atoms with Crippen LogP contribution in [0.5, 0.6) is 0 Å². The van der Waals surface area contributed by atoms with E-state index in [4.69, 9.17) is 0 Å². The lowest BCUT2D eigenvalue weighted by Gasteiger charge is -2.13. The summed E-state index contributed by atoms with van der Waals surface area (Å²) in [6.45, 7) is 0.776. The van der Waals surface area contributed by atoms with E-state index in [1.54, 1.807) is 0 Å². The Balaban J connectivity index is 0.000000980. The lowest BCUT2D eigenvalue weighted by molar-refractivity contribution is 0.304. The number of hydrogen-bond donors (Lipinski definition) is 1. The van der Waals surface area contributed by atoms with Crippen molar-refractivity contribution in [2.45, 2.75) is 18.6 Å². The van der Waals surface area contributed by atoms with Crippen molar-refractivity contribution in [3.8, 4) is 0 Å². The van der Waals surface area contributed by atoms with Gasteiger partial charge in [-0.3, -0.25) is 0 Å². The summed E-state index contributed by atoms with van der Waals surface area (Å²) in [7, 11) is 0. The van der Waals surface area contributed by atoms with E-state index in [1.165, 1.54) is 0 Å². The monoisotopic (exact) mass is 279 g/mol. The van der Waals surface area contributed by atoms with E-state index in [0.717, 1.165) is 16.6 Å². The van der Waals surface area contributed by atoms with Crippen LogP contribution in [0.3, 0.4) is 0 Å². The molecule has 1 aliphatic heterocycles. The topological polar surface area (TPSA) is 12.0 Å². The van der Waals surface area contributed by atoms with Gasteiger partial charge >= 0.3 is 0 Å². The lowest BCUT2D eigenvalue weighted by Crippen LogP contribution is -2.18. The Morgan fingerprint density at radius 1 is 1.43 bits per heavy atom. The van der Waals surface area contributed by atoms with Crippen molar-refractivity contribution >= 4 is 28.3 Å². The fourth-order valence-electron chi connectivity index (χ4n) is 1.70. The third-order valence-corrected chi connectivity index (χ3v) is 2.85. The van der Waals surface area contributed by atoms with Gasteiger partial charge in [-0.2, -0.15) is 0 Å². The Morgan fingerprint density at radius 3 is 2.79 bits per heavy atom. The van der Waals surface area contributed by atoms with Gasteiger partial charge in [0.2, 0.25) is 0 Å². The van der Waals surface area contributed by atoms with Gasteiger partial charge in [-0.05, 0) is 30.7 Å². The van der Waals surface area contributed by atoms with Crippen LogP contribution in [0.15, 0.2) is 28.7 Å². The molecule has 0 amide bonds. The molecule has 0 saturated carbocycles. The highest BCUT2D eigenvalue weighted by Crippen LogP contribution is 2.27. The minimum atomic E-state index is -0.741. The highest BCUT2D eigenvalue weighted by molar-refractivity contribution is 9.10. The third-order valence-electron chi connectivity index (χ3n) is 2.35. The summed E-state index contributed by atoms with van der Waals surface area (Å²) >= 11 is 3.38. The number of halogens is 3. The van der Waals surface area contributed by atoms with E-state index in [0.29, 0.717) is 6.42 Å². The van der Waals surface area contributed by atoms with Crippen molar-refractivity contribution < 1.29 is 4.39 Å². The van der Waals surface area contributed by atoms with Crippen LogP contribution in [0.25, 0.3) is 0 Å². The number of alkyl halides is 1. The molecule has 2 unspecified atom stereocenters. The molecule has 1 aromatic rings. The first-order valence-corrected chi connectivity index (χ1v) is 5.19. The van der Waals surface area contributed by atoms with Crippen molar-refractivity contribution in [2.75, 3.05) is 6.54 Å². The van der Waals surface area contributed by atoms with Crippen molar-refractivity contribution in [3.63, 3.8) is 0 Å². The molecular formula is C10H12BrClFN. The van der Waals surface area contributed by atoms with Crippen LogP contribution in [-0.4, -0.2) is 12.7 Å². The second kappa shape index (κ2) is 5.10. The molecule has 1 nitrogen and oxygen atoms in total. The zero-order chi connectivity index (χ0) is 9.26. The minimum Gasteiger partial charge on any atom is -0.307 e. The van der Waals surface area contributed by atoms with Crippen molar-refractivity contribution in [3.05, 3.63) is 34.3 Å². The van der Waals surface area contributed by atoms with Crippen molar-refractivity contribution in [1.82, 2.24) is 5.32 Å². The molecule has 1 fully saturated rings. The first kappa shape index (κ1) is 12.0. The molecular weight excluding hydrogens is 268 g/mol. The van der Waals surface area contributed by atoms with Gasteiger partial charge < -0.3 is 5.32 Å². The van der Waals surface area contributed by atoms with Crippen molar-refractivity contribution in [1.29, 1.82) is 0 Å². The standard InChI is InChI=1S/C10H11BrFN.ClH/c11-8-3-1-2-7(6-8)10-9(12)4-5-13-10;/h1-3,6,9-10,13H,4-5H2;1H. The van der Waals surface area contributed by atoms with Crippen LogP contribution in [0.1, 0.15) is 18.0 Å². The molecule has 1 aromatic carbocycles. The normalized spacial score (nSPS) is 25.9. The molecule has 1 aliphatic rings. The molecule has 0 bridgehead atoms. The summed E-state index contributed by atoms with van der Waals surface area (Å²) in [5.74, 6) is 0. The fourth-order valence-corrected chi connectivity index (χ4v) is 2.11. The summed E-state index contributed by atoms with van der Waals surface area (Å²) in [6, 6.07) is 7.70. The van der Waals surface area contributed by atoms with Gasteiger partial charge in [0.15, 0.2) is 0 Å². The van der Waals surface area contributed by atoms with Crippen LogP contribution < -0.4 is 5.32 Å². The molecule has 2 rings (SSSR count). The van der Waals surface area contributed by atoms with E-state index in [-0.39, 0.29) is 18.4 Å². The molecule has 0 aromatic heterocycles. The first-order valence-electron chi connectivity index (χ1n) is 4.40. The lowest BCUT2D eigenvalue weighted by atomic mass is 10.0. The van der Waals surface area contributed by atoms with Crippen LogP contribution in [0, 0.1) is 0 Å². The van der Waals surface area contributed by atoms with E-state index in [9.17, 15) is 4.39 Å². The average molecular weight is 281 g/mol. The maximum atomic E-state index is 13.3. The molecule has 0 radical (unpaired) electrons. The van der Waals surface area contributed by atoms with Crippen LogP contribution in [0.2, 0.25) is 0 Å². The molecule has 1 saturated heterocycles. The Labute approximate surface area is 97.6 Å². The van der Waals surface area contributed by atoms with Crippen LogP contribution in [-0.2, 0) is 0 Å². The van der Waals surface area contributed by atoms with E-state index >= 15 is 0 Å². The summed E-state index contributed by atoms with van der Waals surface area (Å²) in [5.41, 5.74) is 1.03. The largest absolute Gasteiger partial charge is 0.307 e. The summed E-state index contributed by atoms with van der Waals surface area (Å²) in [4.78, 5) is 0. The van der Waals surface area contributed by atoms with Crippen molar-refractivity contribution in [2.24, 2.45) is 0 Å². The van der Waals surface area contributed by atoms with Gasteiger partial charge in [-0.25, -0.2) is 4.39 Å². The molecule has 0 aliphatic carbocycles. The van der Waals surface area contributed by atoms with E-state index < -0.39 is 6.17 Å². The third kappa shape index (κ3) is 2.47.